The summed E-state index contributed by atoms with van der Waals surface area (Å²) in [5, 5.41) is 9.83. The predicted molar refractivity (Wildman–Crippen MR) is 111 cm³/mol. The Labute approximate surface area is 184 Å². The number of benzene rings is 2. The lowest BCUT2D eigenvalue weighted by atomic mass is 9.90. The van der Waals surface area contributed by atoms with Gasteiger partial charge in [0.1, 0.15) is 6.04 Å². The van der Waals surface area contributed by atoms with Crippen molar-refractivity contribution in [2.75, 3.05) is 27.9 Å². The van der Waals surface area contributed by atoms with Crippen molar-refractivity contribution in [3.63, 3.8) is 0 Å². The largest absolute Gasteiger partial charge is 0.493 e. The minimum Gasteiger partial charge on any atom is -0.493 e. The molecule has 0 amide bonds. The molecule has 0 bridgehead atoms. The number of methoxy groups -OCH3 is 3. The molecule has 1 saturated heterocycles. The van der Waals surface area contributed by atoms with Crippen LogP contribution in [0.5, 0.6) is 17.2 Å². The van der Waals surface area contributed by atoms with E-state index in [4.69, 9.17) is 14.2 Å². The molecule has 9 heteroatoms. The van der Waals surface area contributed by atoms with E-state index < -0.39 is 29.8 Å². The van der Waals surface area contributed by atoms with Crippen molar-refractivity contribution in [1.82, 2.24) is 4.90 Å². The Morgan fingerprint density at radius 2 is 1.69 bits per heavy atom. The third-order valence-electron chi connectivity index (χ3n) is 5.69. The quantitative estimate of drug-likeness (QED) is 0.652. The monoisotopic (exact) mass is 453 g/mol. The molecule has 174 valence electrons. The van der Waals surface area contributed by atoms with E-state index in [1.54, 1.807) is 23.1 Å². The molecule has 0 aliphatic carbocycles. The highest BCUT2D eigenvalue weighted by atomic mass is 19.4. The number of rotatable bonds is 7. The summed E-state index contributed by atoms with van der Waals surface area (Å²) in [6.45, 7) is 0.425. The van der Waals surface area contributed by atoms with Gasteiger partial charge in [-0.2, -0.15) is 13.2 Å². The highest BCUT2D eigenvalue weighted by Crippen LogP contribution is 2.44. The second kappa shape index (κ2) is 9.68. The summed E-state index contributed by atoms with van der Waals surface area (Å²) in [7, 11) is 4.35. The number of ether oxygens (including phenoxy) is 3. The number of aliphatic carboxylic acids is 1. The number of hydrogen-bond donors (Lipinski definition) is 1. The van der Waals surface area contributed by atoms with Gasteiger partial charge in [0.15, 0.2) is 11.5 Å². The third kappa shape index (κ3) is 4.77. The van der Waals surface area contributed by atoms with Crippen LogP contribution in [0.1, 0.15) is 42.0 Å². The summed E-state index contributed by atoms with van der Waals surface area (Å²) in [4.78, 5) is 13.8. The van der Waals surface area contributed by atoms with E-state index in [1.807, 2.05) is 0 Å². The first kappa shape index (κ1) is 23.7. The summed E-state index contributed by atoms with van der Waals surface area (Å²) < 4.78 is 56.6. The summed E-state index contributed by atoms with van der Waals surface area (Å²) >= 11 is 0. The maximum atomic E-state index is 13.5. The molecule has 1 aliphatic rings. The Hall–Kier alpha value is -2.94. The summed E-state index contributed by atoms with van der Waals surface area (Å²) in [5.74, 6) is 0.00881. The number of likely N-dealkylation sites (tertiary alicyclic amines) is 1. The highest BCUT2D eigenvalue weighted by Gasteiger charge is 2.37. The van der Waals surface area contributed by atoms with E-state index in [0.717, 1.165) is 25.0 Å². The molecule has 2 aromatic rings. The average molecular weight is 453 g/mol. The van der Waals surface area contributed by atoms with Crippen LogP contribution in [0.15, 0.2) is 36.4 Å². The van der Waals surface area contributed by atoms with Crippen LogP contribution in [0.4, 0.5) is 13.2 Å². The van der Waals surface area contributed by atoms with Gasteiger partial charge in [-0.25, -0.2) is 0 Å². The second-order valence-corrected chi connectivity index (χ2v) is 7.57. The molecule has 32 heavy (non-hydrogen) atoms. The lowest BCUT2D eigenvalue weighted by Crippen LogP contribution is -2.46. The smallest absolute Gasteiger partial charge is 0.416 e. The number of nitrogens with zero attached hydrogens (tertiary/aromatic N) is 1. The van der Waals surface area contributed by atoms with Crippen LogP contribution in [0.2, 0.25) is 0 Å². The van der Waals surface area contributed by atoms with E-state index in [9.17, 15) is 23.1 Å². The van der Waals surface area contributed by atoms with Gasteiger partial charge < -0.3 is 19.3 Å². The Morgan fingerprint density at radius 3 is 2.22 bits per heavy atom. The predicted octanol–water partition coefficient (Wildman–Crippen LogP) is 4.76. The van der Waals surface area contributed by atoms with E-state index in [-0.39, 0.29) is 0 Å². The van der Waals surface area contributed by atoms with Gasteiger partial charge >= 0.3 is 12.1 Å². The van der Waals surface area contributed by atoms with Gasteiger partial charge in [0.05, 0.1) is 32.9 Å². The third-order valence-corrected chi connectivity index (χ3v) is 5.69. The fraction of sp³-hybridized carbons (Fsp3) is 0.435. The minimum atomic E-state index is -4.52. The molecule has 6 nitrogen and oxygen atoms in total. The Kier molecular flexibility index (Phi) is 7.18. The first-order chi connectivity index (χ1) is 15.2. The number of carboxylic acid groups (broad SMARTS) is 1. The Bertz CT molecular complexity index is 938. The zero-order valence-electron chi connectivity index (χ0n) is 18.1. The fourth-order valence-electron chi connectivity index (χ4n) is 4.25. The van der Waals surface area contributed by atoms with Crippen molar-refractivity contribution in [1.29, 1.82) is 0 Å². The van der Waals surface area contributed by atoms with Gasteiger partial charge in [0.25, 0.3) is 0 Å². The molecule has 0 aromatic heterocycles. The molecule has 2 unspecified atom stereocenters. The molecule has 2 atom stereocenters. The lowest BCUT2D eigenvalue weighted by Gasteiger charge is -2.40. The Balaban J connectivity index is 2.23. The van der Waals surface area contributed by atoms with Gasteiger partial charge in [-0.05, 0) is 54.8 Å². The SMILES string of the molecule is COc1cc(C(c2cccc(C(F)(F)F)c2)N2CCCCC2C(=O)O)cc(OC)c1OC. The van der Waals surface area contributed by atoms with E-state index in [2.05, 4.69) is 0 Å². The van der Waals surface area contributed by atoms with Crippen LogP contribution in [0.3, 0.4) is 0 Å². The van der Waals surface area contributed by atoms with Crippen molar-refractivity contribution < 1.29 is 37.3 Å². The van der Waals surface area contributed by atoms with Gasteiger partial charge in [-0.15, -0.1) is 0 Å². The first-order valence-corrected chi connectivity index (χ1v) is 10.2. The maximum absolute atomic E-state index is 13.5. The summed E-state index contributed by atoms with van der Waals surface area (Å²) in [5.41, 5.74) is 0.0885. The number of halogens is 3. The van der Waals surface area contributed by atoms with Crippen molar-refractivity contribution in [3.05, 3.63) is 53.1 Å². The molecule has 1 aliphatic heterocycles. The number of carbonyl (C=O) groups is 1. The van der Waals surface area contributed by atoms with Crippen LogP contribution in [0, 0.1) is 0 Å². The zero-order chi connectivity index (χ0) is 23.5. The van der Waals surface area contributed by atoms with Crippen LogP contribution < -0.4 is 14.2 Å². The lowest BCUT2D eigenvalue weighted by molar-refractivity contribution is -0.145. The molecule has 0 saturated carbocycles. The van der Waals surface area contributed by atoms with Gasteiger partial charge in [-0.1, -0.05) is 18.6 Å². The summed E-state index contributed by atoms with van der Waals surface area (Å²) in [6.07, 6.45) is -2.64. The Morgan fingerprint density at radius 1 is 1.03 bits per heavy atom. The zero-order valence-corrected chi connectivity index (χ0v) is 18.1. The van der Waals surface area contributed by atoms with Crippen LogP contribution in [-0.2, 0) is 11.0 Å². The standard InChI is InChI=1S/C23H26F3NO5/c1-30-18-12-15(13-19(31-2)21(18)32-3)20(27-10-5-4-9-17(27)22(28)29)14-7-6-8-16(11-14)23(24,25)26/h6-8,11-13,17,20H,4-5,9-10H2,1-3H3,(H,28,29). The molecular formula is C23H26F3NO5. The van der Waals surface area contributed by atoms with Crippen molar-refractivity contribution in [3.8, 4) is 17.2 Å². The number of piperidine rings is 1. The molecule has 0 radical (unpaired) electrons. The van der Waals surface area contributed by atoms with Crippen molar-refractivity contribution in [2.24, 2.45) is 0 Å². The fourth-order valence-corrected chi connectivity index (χ4v) is 4.25. The van der Waals surface area contributed by atoms with E-state index in [1.165, 1.54) is 27.4 Å². The minimum absolute atomic E-state index is 0.335. The van der Waals surface area contributed by atoms with E-state index >= 15 is 0 Å². The first-order valence-electron chi connectivity index (χ1n) is 10.2. The van der Waals surface area contributed by atoms with Crippen LogP contribution in [0.25, 0.3) is 0 Å². The molecule has 1 N–H and O–H groups in total. The molecule has 2 aromatic carbocycles. The van der Waals surface area contributed by atoms with Crippen LogP contribution >= 0.6 is 0 Å². The molecule has 3 rings (SSSR count). The number of carboxylic acids is 1. The maximum Gasteiger partial charge on any atom is 0.416 e. The normalized spacial score (nSPS) is 18.1. The molecule has 1 fully saturated rings. The number of hydrogen-bond acceptors (Lipinski definition) is 5. The molecular weight excluding hydrogens is 427 g/mol. The highest BCUT2D eigenvalue weighted by molar-refractivity contribution is 5.74. The average Bonchev–Trinajstić information content (AvgIpc) is 2.78. The molecule has 1 heterocycles. The van der Waals surface area contributed by atoms with Crippen LogP contribution in [-0.4, -0.2) is 49.9 Å². The van der Waals surface area contributed by atoms with Gasteiger partial charge in [-0.3, -0.25) is 9.69 Å². The molecule has 0 spiro atoms. The van der Waals surface area contributed by atoms with Gasteiger partial charge in [0, 0.05) is 0 Å². The second-order valence-electron chi connectivity index (χ2n) is 7.57. The number of alkyl halides is 3. The van der Waals surface area contributed by atoms with Crippen molar-refractivity contribution >= 4 is 5.97 Å². The van der Waals surface area contributed by atoms with Gasteiger partial charge in [0.2, 0.25) is 5.75 Å². The van der Waals surface area contributed by atoms with E-state index in [0.29, 0.717) is 41.3 Å². The van der Waals surface area contributed by atoms with Crippen molar-refractivity contribution in [2.45, 2.75) is 37.5 Å². The summed E-state index contributed by atoms with van der Waals surface area (Å²) in [6, 6.07) is 6.70. The topological polar surface area (TPSA) is 68.2 Å².